The van der Waals surface area contributed by atoms with Gasteiger partial charge in [-0.1, -0.05) is 19.3 Å². The van der Waals surface area contributed by atoms with Gasteiger partial charge in [0.1, 0.15) is 5.75 Å². The van der Waals surface area contributed by atoms with Gasteiger partial charge < -0.3 is 14.4 Å². The van der Waals surface area contributed by atoms with Gasteiger partial charge in [0, 0.05) is 39.2 Å². The minimum atomic E-state index is -0.0201. The Kier molecular flexibility index (Phi) is 6.18. The zero-order valence-corrected chi connectivity index (χ0v) is 18.3. The average Bonchev–Trinajstić information content (AvgIpc) is 3.24. The summed E-state index contributed by atoms with van der Waals surface area (Å²) in [5, 5.41) is 0. The van der Waals surface area contributed by atoms with Gasteiger partial charge in [-0.2, -0.15) is 0 Å². The van der Waals surface area contributed by atoms with E-state index >= 15 is 0 Å². The molecule has 164 valence electrons. The van der Waals surface area contributed by atoms with E-state index in [2.05, 4.69) is 4.90 Å². The van der Waals surface area contributed by atoms with Crippen molar-refractivity contribution in [3.8, 4) is 5.75 Å². The van der Waals surface area contributed by atoms with Crippen LogP contribution in [0.3, 0.4) is 0 Å². The zero-order chi connectivity index (χ0) is 21.3. The number of amides is 1. The first-order chi connectivity index (χ1) is 14.5. The summed E-state index contributed by atoms with van der Waals surface area (Å²) in [4.78, 5) is 26.0. The molecule has 3 heterocycles. The number of hydrogen-bond donors (Lipinski definition) is 0. The van der Waals surface area contributed by atoms with Gasteiger partial charge in [0.15, 0.2) is 0 Å². The number of rotatable bonds is 2. The number of hydrogen-bond acceptors (Lipinski definition) is 4. The van der Waals surface area contributed by atoms with Gasteiger partial charge in [-0.3, -0.25) is 13.9 Å². The molecule has 7 nitrogen and oxygen atoms in total. The monoisotopic (exact) mass is 415 g/mol. The average molecular weight is 416 g/mol. The van der Waals surface area contributed by atoms with Gasteiger partial charge >= 0.3 is 5.69 Å². The molecule has 0 radical (unpaired) electrons. The number of carbonyl (C=O) groups is 1. The fourth-order valence-corrected chi connectivity index (χ4v) is 5.02. The number of imidazole rings is 1. The maximum Gasteiger partial charge on any atom is 0.328 e. The van der Waals surface area contributed by atoms with E-state index in [-0.39, 0.29) is 5.69 Å². The van der Waals surface area contributed by atoms with Crippen molar-refractivity contribution < 1.29 is 14.3 Å². The standard InChI is InChI=1S/C13H21NO2.C10H12N2O2/c15-13(10-4-2-1-3-5-10)14-8-11-6-7-12(9-14)16-11;1-11-8-5-4-7(14-3)6-9(8)12(2)10(11)13/h10-12H,1-9H2;4-6H,1-3H3. The van der Waals surface area contributed by atoms with Crippen LogP contribution < -0.4 is 10.4 Å². The number of likely N-dealkylation sites (tertiary alicyclic amines) is 1. The van der Waals surface area contributed by atoms with Gasteiger partial charge in [0.2, 0.25) is 5.91 Å². The van der Waals surface area contributed by atoms with E-state index in [0.717, 1.165) is 55.6 Å². The van der Waals surface area contributed by atoms with Crippen molar-refractivity contribution in [1.82, 2.24) is 14.0 Å². The fraction of sp³-hybridized carbons (Fsp3) is 0.652. The van der Waals surface area contributed by atoms with Gasteiger partial charge in [-0.05, 0) is 37.8 Å². The third kappa shape index (κ3) is 4.13. The molecule has 0 N–H and O–H groups in total. The number of ether oxygens (including phenoxy) is 2. The predicted molar refractivity (Wildman–Crippen MR) is 116 cm³/mol. The molecule has 5 rings (SSSR count). The molecule has 0 spiro atoms. The Hall–Kier alpha value is -2.28. The molecule has 2 unspecified atom stereocenters. The molecule has 1 aliphatic carbocycles. The Labute approximate surface area is 177 Å². The van der Waals surface area contributed by atoms with Crippen molar-refractivity contribution in [3.63, 3.8) is 0 Å². The topological polar surface area (TPSA) is 65.7 Å². The van der Waals surface area contributed by atoms with Crippen LogP contribution in [0.1, 0.15) is 44.9 Å². The van der Waals surface area contributed by atoms with Gasteiger partial charge in [-0.15, -0.1) is 0 Å². The van der Waals surface area contributed by atoms with E-state index in [1.165, 1.54) is 19.3 Å². The highest BCUT2D eigenvalue weighted by molar-refractivity contribution is 5.79. The lowest BCUT2D eigenvalue weighted by atomic mass is 9.88. The van der Waals surface area contributed by atoms with E-state index in [1.54, 1.807) is 30.3 Å². The highest BCUT2D eigenvalue weighted by Crippen LogP contribution is 2.30. The van der Waals surface area contributed by atoms with Crippen LogP contribution in [-0.4, -0.2) is 52.3 Å². The van der Waals surface area contributed by atoms with Crippen molar-refractivity contribution in [2.24, 2.45) is 20.0 Å². The molecule has 3 fully saturated rings. The first kappa shape index (κ1) is 21.0. The van der Waals surface area contributed by atoms with Gasteiger partial charge in [0.25, 0.3) is 0 Å². The molecule has 30 heavy (non-hydrogen) atoms. The number of benzene rings is 1. The van der Waals surface area contributed by atoms with Crippen LogP contribution >= 0.6 is 0 Å². The number of fused-ring (bicyclic) bond motifs is 3. The Morgan fingerprint density at radius 1 is 0.967 bits per heavy atom. The largest absolute Gasteiger partial charge is 0.497 e. The number of aromatic nitrogens is 2. The molecule has 2 aromatic rings. The summed E-state index contributed by atoms with van der Waals surface area (Å²) in [5.74, 6) is 1.50. The van der Waals surface area contributed by atoms with E-state index in [9.17, 15) is 9.59 Å². The molecule has 2 atom stereocenters. The number of nitrogens with zero attached hydrogens (tertiary/aromatic N) is 3. The summed E-state index contributed by atoms with van der Waals surface area (Å²) in [7, 11) is 5.13. The lowest BCUT2D eigenvalue weighted by molar-refractivity contribution is -0.145. The molecule has 3 aliphatic rings. The van der Waals surface area contributed by atoms with Gasteiger partial charge in [0.05, 0.1) is 30.4 Å². The van der Waals surface area contributed by atoms with Crippen LogP contribution in [0.2, 0.25) is 0 Å². The van der Waals surface area contributed by atoms with E-state index < -0.39 is 0 Å². The van der Waals surface area contributed by atoms with Crippen molar-refractivity contribution in [2.75, 3.05) is 20.2 Å². The molecule has 2 bridgehead atoms. The number of carbonyl (C=O) groups excluding carboxylic acids is 1. The normalized spacial score (nSPS) is 23.9. The summed E-state index contributed by atoms with van der Waals surface area (Å²) < 4.78 is 14.1. The zero-order valence-electron chi connectivity index (χ0n) is 18.3. The molecule has 1 aromatic heterocycles. The van der Waals surface area contributed by atoms with Crippen LogP contribution in [0.5, 0.6) is 5.75 Å². The second-order valence-corrected chi connectivity index (χ2v) is 8.79. The minimum Gasteiger partial charge on any atom is -0.497 e. The number of morpholine rings is 1. The smallest absolute Gasteiger partial charge is 0.328 e. The first-order valence-electron chi connectivity index (χ1n) is 11.1. The highest BCUT2D eigenvalue weighted by atomic mass is 16.5. The maximum atomic E-state index is 12.3. The first-order valence-corrected chi connectivity index (χ1v) is 11.1. The Morgan fingerprint density at radius 3 is 2.23 bits per heavy atom. The van der Waals surface area contributed by atoms with Crippen LogP contribution in [0.4, 0.5) is 0 Å². The van der Waals surface area contributed by atoms with E-state index in [0.29, 0.717) is 24.0 Å². The Balaban J connectivity index is 0.000000147. The fourth-order valence-electron chi connectivity index (χ4n) is 5.02. The summed E-state index contributed by atoms with van der Waals surface area (Å²) >= 11 is 0. The molecular weight excluding hydrogens is 382 g/mol. The van der Waals surface area contributed by atoms with Crippen LogP contribution in [-0.2, 0) is 23.6 Å². The summed E-state index contributed by atoms with van der Waals surface area (Å²) in [6.45, 7) is 1.71. The second-order valence-electron chi connectivity index (χ2n) is 8.79. The molecular formula is C23H33N3O4. The quantitative estimate of drug-likeness (QED) is 0.757. The molecule has 2 aliphatic heterocycles. The van der Waals surface area contributed by atoms with Crippen LogP contribution in [0.15, 0.2) is 23.0 Å². The lowest BCUT2D eigenvalue weighted by Gasteiger charge is -2.35. The Bertz CT molecular complexity index is 945. The minimum absolute atomic E-state index is 0.0201. The molecule has 1 saturated carbocycles. The van der Waals surface area contributed by atoms with E-state index in [1.807, 2.05) is 18.2 Å². The number of methoxy groups -OCH3 is 1. The van der Waals surface area contributed by atoms with Crippen molar-refractivity contribution in [2.45, 2.75) is 57.2 Å². The number of aryl methyl sites for hydroxylation is 2. The van der Waals surface area contributed by atoms with Crippen molar-refractivity contribution in [1.29, 1.82) is 0 Å². The molecule has 7 heteroatoms. The van der Waals surface area contributed by atoms with E-state index in [4.69, 9.17) is 9.47 Å². The third-order valence-corrected chi connectivity index (χ3v) is 6.79. The summed E-state index contributed by atoms with van der Waals surface area (Å²) in [5.41, 5.74) is 1.78. The Morgan fingerprint density at radius 2 is 1.60 bits per heavy atom. The second kappa shape index (κ2) is 8.84. The van der Waals surface area contributed by atoms with Crippen molar-refractivity contribution >= 4 is 16.9 Å². The molecule has 1 aromatic carbocycles. The maximum absolute atomic E-state index is 12.3. The SMILES string of the molecule is COc1ccc2c(c1)n(C)c(=O)n2C.O=C(C1CCCCC1)N1CC2CCC(C1)O2. The summed E-state index contributed by atoms with van der Waals surface area (Å²) in [6, 6.07) is 5.59. The predicted octanol–water partition coefficient (Wildman–Crippen LogP) is 2.84. The van der Waals surface area contributed by atoms with Crippen LogP contribution in [0, 0.1) is 5.92 Å². The van der Waals surface area contributed by atoms with Crippen molar-refractivity contribution in [3.05, 3.63) is 28.7 Å². The highest BCUT2D eigenvalue weighted by Gasteiger charge is 2.37. The third-order valence-electron chi connectivity index (χ3n) is 6.79. The lowest BCUT2D eigenvalue weighted by Crippen LogP contribution is -2.48. The molecule has 1 amide bonds. The molecule has 2 saturated heterocycles. The van der Waals surface area contributed by atoms with Crippen LogP contribution in [0.25, 0.3) is 11.0 Å². The summed E-state index contributed by atoms with van der Waals surface area (Å²) in [6.07, 6.45) is 9.02. The van der Waals surface area contributed by atoms with Gasteiger partial charge in [-0.25, -0.2) is 4.79 Å².